The van der Waals surface area contributed by atoms with Gasteiger partial charge in [-0.3, -0.25) is 0 Å². The molecule has 1 heterocycles. The molecule has 2 N–H and O–H groups in total. The Morgan fingerprint density at radius 1 is 1.43 bits per heavy atom. The van der Waals surface area contributed by atoms with Crippen molar-refractivity contribution in [1.82, 2.24) is 15.3 Å². The number of aromatic nitrogens is 2. The van der Waals surface area contributed by atoms with E-state index in [0.29, 0.717) is 6.42 Å². The van der Waals surface area contributed by atoms with Crippen molar-refractivity contribution in [3.05, 3.63) is 24.3 Å². The fourth-order valence-electron chi connectivity index (χ4n) is 1.23. The third-order valence-electron chi connectivity index (χ3n) is 2.22. The molecule has 78 valence electrons. The van der Waals surface area contributed by atoms with Crippen molar-refractivity contribution in [1.29, 1.82) is 0 Å². The summed E-state index contributed by atoms with van der Waals surface area (Å²) < 4.78 is 0. The van der Waals surface area contributed by atoms with Crippen molar-refractivity contribution in [3.63, 3.8) is 0 Å². The van der Waals surface area contributed by atoms with E-state index in [1.54, 1.807) is 19.3 Å². The molecule has 0 aromatic carbocycles. The molecule has 0 aliphatic carbocycles. The van der Waals surface area contributed by atoms with Gasteiger partial charge < -0.3 is 10.4 Å². The summed E-state index contributed by atoms with van der Waals surface area (Å²) in [7, 11) is 0. The Labute approximate surface area is 84.4 Å². The monoisotopic (exact) mass is 195 g/mol. The molecule has 0 bridgehead atoms. The van der Waals surface area contributed by atoms with Crippen LogP contribution in [0.1, 0.15) is 25.8 Å². The van der Waals surface area contributed by atoms with Gasteiger partial charge in [-0.15, -0.1) is 0 Å². The van der Waals surface area contributed by atoms with Gasteiger partial charge in [0.25, 0.3) is 0 Å². The summed E-state index contributed by atoms with van der Waals surface area (Å²) in [5.41, 5.74) is -0.0819. The molecule has 4 nitrogen and oxygen atoms in total. The van der Waals surface area contributed by atoms with Gasteiger partial charge in [0.15, 0.2) is 0 Å². The van der Waals surface area contributed by atoms with Gasteiger partial charge in [-0.25, -0.2) is 9.97 Å². The highest BCUT2D eigenvalue weighted by Crippen LogP contribution is 2.21. The van der Waals surface area contributed by atoms with Crippen molar-refractivity contribution in [2.24, 2.45) is 0 Å². The molecule has 0 saturated heterocycles. The molecule has 0 saturated carbocycles. The van der Waals surface area contributed by atoms with E-state index in [1.807, 2.05) is 6.92 Å². The quantitative estimate of drug-likeness (QED) is 0.678. The lowest BCUT2D eigenvalue weighted by atomic mass is 9.95. The predicted octanol–water partition coefficient (Wildman–Crippen LogP) is 0.684. The summed E-state index contributed by atoms with van der Waals surface area (Å²) in [5, 5.41) is 13.3. The normalized spacial score (nSPS) is 15.1. The standard InChI is InChI=1S/C10H17N3O/c1-3-11-5-4-10(2,14)9-6-12-8-13-7-9/h6-8,11,14H,3-5H2,1-2H3. The molecule has 0 aliphatic rings. The van der Waals surface area contributed by atoms with Crippen molar-refractivity contribution in [3.8, 4) is 0 Å². The summed E-state index contributed by atoms with van der Waals surface area (Å²) in [6, 6.07) is 0. The van der Waals surface area contributed by atoms with Crippen molar-refractivity contribution in [2.45, 2.75) is 25.9 Å². The van der Waals surface area contributed by atoms with E-state index in [0.717, 1.165) is 18.7 Å². The van der Waals surface area contributed by atoms with Gasteiger partial charge >= 0.3 is 0 Å². The number of nitrogens with one attached hydrogen (secondary N) is 1. The predicted molar refractivity (Wildman–Crippen MR) is 54.8 cm³/mol. The first-order chi connectivity index (χ1) is 6.67. The largest absolute Gasteiger partial charge is 0.385 e. The lowest BCUT2D eigenvalue weighted by Gasteiger charge is -2.22. The lowest BCUT2D eigenvalue weighted by Crippen LogP contribution is -2.28. The second-order valence-electron chi connectivity index (χ2n) is 3.50. The highest BCUT2D eigenvalue weighted by Gasteiger charge is 2.22. The maximum atomic E-state index is 10.1. The first kappa shape index (κ1) is 11.1. The average molecular weight is 195 g/mol. The fraction of sp³-hybridized carbons (Fsp3) is 0.600. The zero-order valence-corrected chi connectivity index (χ0v) is 8.70. The van der Waals surface area contributed by atoms with Gasteiger partial charge in [0.2, 0.25) is 0 Å². The molecule has 0 aliphatic heterocycles. The minimum Gasteiger partial charge on any atom is -0.385 e. The molecule has 1 unspecified atom stereocenters. The van der Waals surface area contributed by atoms with Crippen LogP contribution in [0.25, 0.3) is 0 Å². The maximum absolute atomic E-state index is 10.1. The minimum atomic E-state index is -0.844. The number of nitrogens with zero attached hydrogens (tertiary/aromatic N) is 2. The Morgan fingerprint density at radius 3 is 2.64 bits per heavy atom. The Bertz CT molecular complexity index is 261. The molecule has 14 heavy (non-hydrogen) atoms. The molecule has 4 heteroatoms. The van der Waals surface area contributed by atoms with Crippen LogP contribution in [0.3, 0.4) is 0 Å². The molecule has 1 aromatic heterocycles. The highest BCUT2D eigenvalue weighted by molar-refractivity contribution is 5.12. The zero-order valence-electron chi connectivity index (χ0n) is 8.70. The van der Waals surface area contributed by atoms with E-state index in [-0.39, 0.29) is 0 Å². The van der Waals surface area contributed by atoms with E-state index >= 15 is 0 Å². The third kappa shape index (κ3) is 3.05. The van der Waals surface area contributed by atoms with Crippen LogP contribution in [0.5, 0.6) is 0 Å². The van der Waals surface area contributed by atoms with Crippen LogP contribution in [0.2, 0.25) is 0 Å². The Hall–Kier alpha value is -1.00. The zero-order chi connectivity index (χ0) is 10.4. The van der Waals surface area contributed by atoms with E-state index in [1.165, 1.54) is 6.33 Å². The number of hydrogen-bond donors (Lipinski definition) is 2. The summed E-state index contributed by atoms with van der Waals surface area (Å²) >= 11 is 0. The van der Waals surface area contributed by atoms with Crippen molar-refractivity contribution >= 4 is 0 Å². The minimum absolute atomic E-state index is 0.661. The van der Waals surface area contributed by atoms with Crippen molar-refractivity contribution < 1.29 is 5.11 Å². The second-order valence-corrected chi connectivity index (χ2v) is 3.50. The van der Waals surface area contributed by atoms with Crippen LogP contribution < -0.4 is 5.32 Å². The summed E-state index contributed by atoms with van der Waals surface area (Å²) in [6.45, 7) is 5.53. The summed E-state index contributed by atoms with van der Waals surface area (Å²) in [4.78, 5) is 7.78. The highest BCUT2D eigenvalue weighted by atomic mass is 16.3. The van der Waals surface area contributed by atoms with Gasteiger partial charge in [0.05, 0.1) is 5.60 Å². The van der Waals surface area contributed by atoms with E-state index in [2.05, 4.69) is 15.3 Å². The first-order valence-electron chi connectivity index (χ1n) is 4.85. The van der Waals surface area contributed by atoms with Gasteiger partial charge in [0, 0.05) is 18.0 Å². The average Bonchev–Trinajstić information content (AvgIpc) is 2.19. The lowest BCUT2D eigenvalue weighted by molar-refractivity contribution is 0.0474. The molecule has 1 atom stereocenters. The third-order valence-corrected chi connectivity index (χ3v) is 2.22. The van der Waals surface area contributed by atoms with Gasteiger partial charge in [0.1, 0.15) is 6.33 Å². The van der Waals surface area contributed by atoms with Crippen LogP contribution in [0, 0.1) is 0 Å². The Morgan fingerprint density at radius 2 is 2.07 bits per heavy atom. The smallest absolute Gasteiger partial charge is 0.115 e. The SMILES string of the molecule is CCNCCC(C)(O)c1cncnc1. The first-order valence-corrected chi connectivity index (χ1v) is 4.85. The van der Waals surface area contributed by atoms with E-state index in [9.17, 15) is 5.11 Å². The Balaban J connectivity index is 2.56. The topological polar surface area (TPSA) is 58.0 Å². The van der Waals surface area contributed by atoms with Crippen LogP contribution in [-0.2, 0) is 5.60 Å². The Kier molecular flexibility index (Phi) is 3.98. The van der Waals surface area contributed by atoms with Crippen molar-refractivity contribution in [2.75, 3.05) is 13.1 Å². The van der Waals surface area contributed by atoms with Crippen LogP contribution in [0.15, 0.2) is 18.7 Å². The van der Waals surface area contributed by atoms with Gasteiger partial charge in [-0.1, -0.05) is 6.92 Å². The fourth-order valence-corrected chi connectivity index (χ4v) is 1.23. The van der Waals surface area contributed by atoms with Crippen LogP contribution >= 0.6 is 0 Å². The summed E-state index contributed by atoms with van der Waals surface area (Å²) in [6.07, 6.45) is 5.43. The van der Waals surface area contributed by atoms with E-state index < -0.39 is 5.60 Å². The van der Waals surface area contributed by atoms with Gasteiger partial charge in [-0.05, 0) is 26.4 Å². The number of aliphatic hydroxyl groups is 1. The molecule has 0 amide bonds. The van der Waals surface area contributed by atoms with Crippen LogP contribution in [-0.4, -0.2) is 28.2 Å². The van der Waals surface area contributed by atoms with Gasteiger partial charge in [-0.2, -0.15) is 0 Å². The van der Waals surface area contributed by atoms with E-state index in [4.69, 9.17) is 0 Å². The molecular weight excluding hydrogens is 178 g/mol. The molecule has 0 fully saturated rings. The molecule has 1 rings (SSSR count). The molecule has 0 radical (unpaired) electrons. The molecular formula is C10H17N3O. The molecule has 0 spiro atoms. The number of hydrogen-bond acceptors (Lipinski definition) is 4. The van der Waals surface area contributed by atoms with Crippen LogP contribution in [0.4, 0.5) is 0 Å². The summed E-state index contributed by atoms with van der Waals surface area (Å²) in [5.74, 6) is 0. The number of rotatable bonds is 5. The second kappa shape index (κ2) is 5.02. The molecule has 1 aromatic rings. The maximum Gasteiger partial charge on any atom is 0.115 e.